The van der Waals surface area contributed by atoms with Gasteiger partial charge in [0, 0.05) is 10.4 Å². The van der Waals surface area contributed by atoms with Gasteiger partial charge in [0.25, 0.3) is 5.56 Å². The molecule has 3 aromatic rings. The summed E-state index contributed by atoms with van der Waals surface area (Å²) in [5, 5.41) is 11.3. The lowest BCUT2D eigenvalue weighted by Crippen LogP contribution is -2.27. The monoisotopic (exact) mass is 401 g/mol. The highest BCUT2D eigenvalue weighted by atomic mass is 35.5. The molecule has 0 amide bonds. The van der Waals surface area contributed by atoms with E-state index in [9.17, 15) is 19.5 Å². The molecule has 7 nitrogen and oxygen atoms in total. The molecule has 144 valence electrons. The topological polar surface area (TPSA) is 94.8 Å². The summed E-state index contributed by atoms with van der Waals surface area (Å²) in [6.45, 7) is -0.0170. The molecule has 1 N–H and O–H groups in total. The van der Waals surface area contributed by atoms with E-state index in [0.29, 0.717) is 16.1 Å². The lowest BCUT2D eigenvalue weighted by Gasteiger charge is -2.15. The second-order valence-electron chi connectivity index (χ2n) is 5.96. The predicted octanol–water partition coefficient (Wildman–Crippen LogP) is 2.98. The summed E-state index contributed by atoms with van der Waals surface area (Å²) in [6.07, 6.45) is 0. The van der Waals surface area contributed by atoms with Gasteiger partial charge in [0.15, 0.2) is 11.4 Å². The lowest BCUT2D eigenvalue weighted by atomic mass is 10.1. The summed E-state index contributed by atoms with van der Waals surface area (Å²) >= 11 is 5.96. The van der Waals surface area contributed by atoms with Crippen LogP contribution in [0.2, 0.25) is 5.02 Å². The molecule has 0 spiro atoms. The zero-order valence-electron chi connectivity index (χ0n) is 15.1. The van der Waals surface area contributed by atoms with Crippen molar-refractivity contribution in [2.45, 2.75) is 6.54 Å². The summed E-state index contributed by atoms with van der Waals surface area (Å²) in [5.74, 6) is -1.74. The van der Waals surface area contributed by atoms with E-state index in [1.54, 1.807) is 24.3 Å². The number of carbonyl (C=O) groups excluding carboxylic acids is 2. The number of esters is 2. The number of benzene rings is 2. The molecule has 0 unspecified atom stereocenters. The zero-order chi connectivity index (χ0) is 20.4. The number of halogens is 1. The van der Waals surface area contributed by atoms with Crippen molar-refractivity contribution < 1.29 is 24.2 Å². The molecule has 0 saturated heterocycles. The molecule has 0 bridgehead atoms. The Bertz CT molecular complexity index is 1130. The minimum Gasteiger partial charge on any atom is -0.505 e. The van der Waals surface area contributed by atoms with E-state index in [-0.39, 0.29) is 23.0 Å². The van der Waals surface area contributed by atoms with Crippen molar-refractivity contribution in [2.24, 2.45) is 0 Å². The van der Waals surface area contributed by atoms with Crippen LogP contribution in [-0.4, -0.2) is 35.8 Å². The molecule has 0 saturated carbocycles. The van der Waals surface area contributed by atoms with Crippen LogP contribution in [0.5, 0.6) is 5.75 Å². The largest absolute Gasteiger partial charge is 0.505 e. The van der Waals surface area contributed by atoms with Gasteiger partial charge in [-0.05, 0) is 35.9 Å². The fraction of sp³-hybridized carbons (Fsp3) is 0.150. The Morgan fingerprint density at radius 3 is 2.25 bits per heavy atom. The number of hydrogen-bond donors (Lipinski definition) is 1. The number of aromatic hydroxyl groups is 1. The molecule has 2 aromatic carbocycles. The molecule has 8 heteroatoms. The van der Waals surface area contributed by atoms with Gasteiger partial charge in [-0.25, -0.2) is 9.59 Å². The highest BCUT2D eigenvalue weighted by Crippen LogP contribution is 2.29. The second-order valence-corrected chi connectivity index (χ2v) is 6.39. The van der Waals surface area contributed by atoms with Crippen LogP contribution in [0.3, 0.4) is 0 Å². The van der Waals surface area contributed by atoms with Gasteiger partial charge in [0.1, 0.15) is 0 Å². The number of pyridine rings is 1. The number of carbonyl (C=O) groups is 2. The minimum atomic E-state index is -0.859. The Morgan fingerprint density at radius 2 is 1.64 bits per heavy atom. The van der Waals surface area contributed by atoms with Crippen molar-refractivity contribution in [2.75, 3.05) is 14.2 Å². The number of methoxy groups -OCH3 is 2. The van der Waals surface area contributed by atoms with E-state index in [2.05, 4.69) is 4.74 Å². The molecule has 0 radical (unpaired) electrons. The van der Waals surface area contributed by atoms with Gasteiger partial charge in [0.2, 0.25) is 0 Å². The molecule has 1 aromatic heterocycles. The van der Waals surface area contributed by atoms with Crippen molar-refractivity contribution in [1.82, 2.24) is 4.57 Å². The van der Waals surface area contributed by atoms with Gasteiger partial charge in [-0.15, -0.1) is 0 Å². The standard InChI is InChI=1S/C20H16ClNO6/c1-27-19(25)12-5-3-11(4-6-12)10-22-16(20(26)28-2)17(23)15-9-13(21)7-8-14(15)18(22)24/h3-9,23H,10H2,1-2H3. The van der Waals surface area contributed by atoms with Crippen molar-refractivity contribution in [3.63, 3.8) is 0 Å². The third-order valence-electron chi connectivity index (χ3n) is 4.30. The Balaban J connectivity index is 2.18. The van der Waals surface area contributed by atoms with E-state index >= 15 is 0 Å². The minimum absolute atomic E-state index is 0.0170. The SMILES string of the molecule is COC(=O)c1ccc(Cn2c(C(=O)OC)c(O)c3cc(Cl)ccc3c2=O)cc1. The first kappa shape index (κ1) is 19.4. The normalized spacial score (nSPS) is 10.7. The van der Waals surface area contributed by atoms with Crippen LogP contribution in [-0.2, 0) is 16.0 Å². The summed E-state index contributed by atoms with van der Waals surface area (Å²) in [5.41, 5.74) is 0.219. The van der Waals surface area contributed by atoms with Gasteiger partial charge in [-0.2, -0.15) is 0 Å². The van der Waals surface area contributed by atoms with Gasteiger partial charge < -0.3 is 14.6 Å². The molecular weight excluding hydrogens is 386 g/mol. The van der Waals surface area contributed by atoms with Crippen molar-refractivity contribution in [3.8, 4) is 5.75 Å². The maximum atomic E-state index is 13.0. The molecule has 0 aliphatic rings. The van der Waals surface area contributed by atoms with Gasteiger partial charge in [-0.1, -0.05) is 23.7 Å². The quantitative estimate of drug-likeness (QED) is 0.675. The highest BCUT2D eigenvalue weighted by molar-refractivity contribution is 6.31. The van der Waals surface area contributed by atoms with Gasteiger partial charge in [0.05, 0.1) is 31.7 Å². The van der Waals surface area contributed by atoms with Crippen LogP contribution in [0.4, 0.5) is 0 Å². The van der Waals surface area contributed by atoms with Crippen molar-refractivity contribution in [1.29, 1.82) is 0 Å². The average molecular weight is 402 g/mol. The summed E-state index contributed by atoms with van der Waals surface area (Å²) in [4.78, 5) is 36.8. The van der Waals surface area contributed by atoms with Crippen molar-refractivity contribution in [3.05, 3.63) is 74.7 Å². The maximum absolute atomic E-state index is 13.0. The van der Waals surface area contributed by atoms with E-state index in [1.807, 2.05) is 0 Å². The summed E-state index contributed by atoms with van der Waals surface area (Å²) < 4.78 is 10.5. The number of hydrogen-bond acceptors (Lipinski definition) is 6. The second kappa shape index (κ2) is 7.74. The molecule has 1 heterocycles. The fourth-order valence-corrected chi connectivity index (χ4v) is 3.07. The van der Waals surface area contributed by atoms with E-state index in [4.69, 9.17) is 16.3 Å². The molecule has 0 aliphatic heterocycles. The molecule has 0 aliphatic carbocycles. The predicted molar refractivity (Wildman–Crippen MR) is 103 cm³/mol. The average Bonchev–Trinajstić information content (AvgIpc) is 2.71. The van der Waals surface area contributed by atoms with Crippen LogP contribution in [0.1, 0.15) is 26.4 Å². The highest BCUT2D eigenvalue weighted by Gasteiger charge is 2.23. The molecule has 3 rings (SSSR count). The first-order valence-electron chi connectivity index (χ1n) is 8.18. The molecule has 0 fully saturated rings. The van der Waals surface area contributed by atoms with Crippen LogP contribution in [0, 0.1) is 0 Å². The van der Waals surface area contributed by atoms with Crippen LogP contribution in [0.25, 0.3) is 10.8 Å². The lowest BCUT2D eigenvalue weighted by molar-refractivity contribution is 0.0580. The number of nitrogens with zero attached hydrogens (tertiary/aromatic N) is 1. The fourth-order valence-electron chi connectivity index (χ4n) is 2.90. The Morgan fingerprint density at radius 1 is 1.00 bits per heavy atom. The van der Waals surface area contributed by atoms with Crippen LogP contribution < -0.4 is 5.56 Å². The zero-order valence-corrected chi connectivity index (χ0v) is 15.8. The number of fused-ring (bicyclic) bond motifs is 1. The Labute approximate surface area is 164 Å². The third-order valence-corrected chi connectivity index (χ3v) is 4.54. The van der Waals surface area contributed by atoms with Crippen molar-refractivity contribution >= 4 is 34.3 Å². The smallest absolute Gasteiger partial charge is 0.358 e. The number of aromatic nitrogens is 1. The Hall–Kier alpha value is -3.32. The van der Waals surface area contributed by atoms with Gasteiger partial charge >= 0.3 is 11.9 Å². The number of ether oxygens (including phenoxy) is 2. The molecule has 28 heavy (non-hydrogen) atoms. The van der Waals surface area contributed by atoms with Crippen LogP contribution in [0.15, 0.2) is 47.3 Å². The summed E-state index contributed by atoms with van der Waals surface area (Å²) in [6, 6.07) is 10.8. The Kier molecular flexibility index (Phi) is 5.37. The molecular formula is C20H16ClNO6. The first-order valence-corrected chi connectivity index (χ1v) is 8.55. The van der Waals surface area contributed by atoms with Crippen LogP contribution >= 0.6 is 11.6 Å². The van der Waals surface area contributed by atoms with E-state index in [1.165, 1.54) is 25.3 Å². The van der Waals surface area contributed by atoms with Gasteiger partial charge in [-0.3, -0.25) is 9.36 Å². The van der Waals surface area contributed by atoms with E-state index in [0.717, 1.165) is 11.7 Å². The van der Waals surface area contributed by atoms with E-state index < -0.39 is 23.2 Å². The third kappa shape index (κ3) is 3.44. The summed E-state index contributed by atoms with van der Waals surface area (Å²) in [7, 11) is 2.44. The number of rotatable bonds is 4. The maximum Gasteiger partial charge on any atom is 0.358 e. The first-order chi connectivity index (χ1) is 13.4. The molecule has 0 atom stereocenters.